The van der Waals surface area contributed by atoms with Gasteiger partial charge >= 0.3 is 5.97 Å². The molecule has 1 aliphatic rings. The van der Waals surface area contributed by atoms with Gasteiger partial charge in [0.1, 0.15) is 12.1 Å². The van der Waals surface area contributed by atoms with Gasteiger partial charge in [0.15, 0.2) is 6.61 Å². The topological polar surface area (TPSA) is 108 Å². The fourth-order valence-electron chi connectivity index (χ4n) is 3.34. The van der Waals surface area contributed by atoms with E-state index in [4.69, 9.17) is 4.74 Å². The smallest absolute Gasteiger partial charge is 0.321 e. The maximum Gasteiger partial charge on any atom is 0.321 e. The molecule has 0 radical (unpaired) electrons. The first-order valence-electron chi connectivity index (χ1n) is 9.49. The Morgan fingerprint density at radius 3 is 2.28 bits per heavy atom. The Balaban J connectivity index is 1.92. The number of nitrogens with zero attached hydrogens (tertiary/aromatic N) is 3. The van der Waals surface area contributed by atoms with Crippen LogP contribution in [-0.2, 0) is 24.3 Å². The molecule has 1 fully saturated rings. The summed E-state index contributed by atoms with van der Waals surface area (Å²) in [7, 11) is -1.03. The summed E-state index contributed by atoms with van der Waals surface area (Å²) in [5.74, 6) is -1.31. The lowest BCUT2D eigenvalue weighted by molar-refractivity contribution is -0.153. The lowest BCUT2D eigenvalue weighted by Crippen LogP contribution is -2.51. The lowest BCUT2D eigenvalue weighted by Gasteiger charge is -2.38. The van der Waals surface area contributed by atoms with Gasteiger partial charge in [-0.2, -0.15) is 9.57 Å². The molecule has 0 spiro atoms. The Labute approximate surface area is 172 Å². The molecule has 29 heavy (non-hydrogen) atoms. The number of benzene rings is 1. The van der Waals surface area contributed by atoms with Crippen LogP contribution >= 0.6 is 0 Å². The predicted octanol–water partition coefficient (Wildman–Crippen LogP) is 1.84. The van der Waals surface area contributed by atoms with Crippen LogP contribution < -0.4 is 0 Å². The molecule has 1 aliphatic carbocycles. The molecule has 1 aromatic rings. The molecule has 1 amide bonds. The van der Waals surface area contributed by atoms with E-state index in [9.17, 15) is 23.3 Å². The van der Waals surface area contributed by atoms with E-state index >= 15 is 0 Å². The van der Waals surface area contributed by atoms with Crippen LogP contribution in [0.25, 0.3) is 0 Å². The average Bonchev–Trinajstić information content (AvgIpc) is 2.72. The molecule has 0 N–H and O–H groups in total. The standard InChI is InChI=1S/C20H27N3O5S/c1-16-7-9-17(10-8-16)29(26,27)22(2)13-19(25)28-14-18(24)23(3)20(15-21)11-5-4-6-12-20/h7-10H,4-6,11-14H2,1-3H3. The minimum atomic E-state index is -3.84. The summed E-state index contributed by atoms with van der Waals surface area (Å²) in [6, 6.07) is 8.52. The number of sulfonamides is 1. The second kappa shape index (κ2) is 9.37. The molecule has 0 aliphatic heterocycles. The van der Waals surface area contributed by atoms with Crippen molar-refractivity contribution in [1.82, 2.24) is 9.21 Å². The number of esters is 1. The highest BCUT2D eigenvalue weighted by atomic mass is 32.2. The highest BCUT2D eigenvalue weighted by molar-refractivity contribution is 7.89. The molecule has 9 heteroatoms. The van der Waals surface area contributed by atoms with Crippen molar-refractivity contribution in [3.05, 3.63) is 29.8 Å². The van der Waals surface area contributed by atoms with Crippen molar-refractivity contribution in [2.45, 2.75) is 49.5 Å². The second-order valence-electron chi connectivity index (χ2n) is 7.39. The second-order valence-corrected chi connectivity index (χ2v) is 9.44. The summed E-state index contributed by atoms with van der Waals surface area (Å²) in [5.41, 5.74) is 0.0505. The van der Waals surface area contributed by atoms with Crippen molar-refractivity contribution in [2.75, 3.05) is 27.2 Å². The molecule has 0 atom stereocenters. The first-order valence-corrected chi connectivity index (χ1v) is 10.9. The zero-order chi connectivity index (χ0) is 21.7. The van der Waals surface area contributed by atoms with Crippen LogP contribution in [0.4, 0.5) is 0 Å². The summed E-state index contributed by atoms with van der Waals surface area (Å²) in [6.07, 6.45) is 3.95. The molecule has 0 aromatic heterocycles. The maximum absolute atomic E-state index is 12.5. The molecule has 0 saturated heterocycles. The summed E-state index contributed by atoms with van der Waals surface area (Å²) in [4.78, 5) is 25.9. The van der Waals surface area contributed by atoms with Gasteiger partial charge in [-0.05, 0) is 31.9 Å². The molecule has 0 heterocycles. The maximum atomic E-state index is 12.5. The summed E-state index contributed by atoms with van der Waals surface area (Å²) < 4.78 is 30.9. The number of aryl methyl sites for hydroxylation is 1. The van der Waals surface area contributed by atoms with Gasteiger partial charge in [-0.1, -0.05) is 37.0 Å². The Bertz CT molecular complexity index is 884. The minimum Gasteiger partial charge on any atom is -0.455 e. The fourth-order valence-corrected chi connectivity index (χ4v) is 4.45. The van der Waals surface area contributed by atoms with E-state index in [1.165, 1.54) is 24.1 Å². The van der Waals surface area contributed by atoms with Gasteiger partial charge in [-0.25, -0.2) is 8.42 Å². The number of ether oxygens (including phenoxy) is 1. The summed E-state index contributed by atoms with van der Waals surface area (Å²) in [6.45, 7) is 0.795. The SMILES string of the molecule is Cc1ccc(S(=O)(=O)N(C)CC(=O)OCC(=O)N(C)C2(C#N)CCCCC2)cc1. The Morgan fingerprint density at radius 1 is 1.14 bits per heavy atom. The fraction of sp³-hybridized carbons (Fsp3) is 0.550. The van der Waals surface area contributed by atoms with Crippen LogP contribution in [0.15, 0.2) is 29.2 Å². The highest BCUT2D eigenvalue weighted by Crippen LogP contribution is 2.32. The van der Waals surface area contributed by atoms with Gasteiger partial charge in [-0.15, -0.1) is 0 Å². The van der Waals surface area contributed by atoms with Crippen molar-refractivity contribution in [3.8, 4) is 6.07 Å². The third kappa shape index (κ3) is 5.34. The van der Waals surface area contributed by atoms with Gasteiger partial charge in [-0.3, -0.25) is 9.59 Å². The zero-order valence-corrected chi connectivity index (χ0v) is 17.9. The molecule has 0 bridgehead atoms. The van der Waals surface area contributed by atoms with Crippen LogP contribution in [-0.4, -0.2) is 62.3 Å². The number of likely N-dealkylation sites (N-methyl/N-ethyl adjacent to an activating group) is 2. The van der Waals surface area contributed by atoms with Crippen molar-refractivity contribution < 1.29 is 22.7 Å². The molecule has 2 rings (SSSR count). The predicted molar refractivity (Wildman–Crippen MR) is 106 cm³/mol. The number of rotatable bonds is 7. The monoisotopic (exact) mass is 421 g/mol. The molecule has 1 saturated carbocycles. The van der Waals surface area contributed by atoms with Crippen LogP contribution in [0.1, 0.15) is 37.7 Å². The van der Waals surface area contributed by atoms with Crippen molar-refractivity contribution in [1.29, 1.82) is 5.26 Å². The van der Waals surface area contributed by atoms with Gasteiger partial charge in [0.25, 0.3) is 5.91 Å². The summed E-state index contributed by atoms with van der Waals surface area (Å²) in [5, 5.41) is 9.55. The van der Waals surface area contributed by atoms with Gasteiger partial charge < -0.3 is 9.64 Å². The number of carbonyl (C=O) groups excluding carboxylic acids is 2. The minimum absolute atomic E-state index is 0.0717. The van der Waals surface area contributed by atoms with Crippen molar-refractivity contribution in [3.63, 3.8) is 0 Å². The van der Waals surface area contributed by atoms with Gasteiger partial charge in [0.05, 0.1) is 11.0 Å². The number of nitriles is 1. The Kier molecular flexibility index (Phi) is 7.38. The van der Waals surface area contributed by atoms with Crippen LogP contribution in [0.3, 0.4) is 0 Å². The normalized spacial score (nSPS) is 16.1. The number of carbonyl (C=O) groups is 2. The van der Waals surface area contributed by atoms with Crippen LogP contribution in [0.2, 0.25) is 0 Å². The van der Waals surface area contributed by atoms with E-state index in [-0.39, 0.29) is 4.90 Å². The first-order chi connectivity index (χ1) is 13.6. The molecule has 0 unspecified atom stereocenters. The van der Waals surface area contributed by atoms with Crippen LogP contribution in [0.5, 0.6) is 0 Å². The van der Waals surface area contributed by atoms with E-state index in [1.54, 1.807) is 19.2 Å². The van der Waals surface area contributed by atoms with E-state index in [0.717, 1.165) is 29.1 Å². The summed E-state index contributed by atoms with van der Waals surface area (Å²) >= 11 is 0. The van der Waals surface area contributed by atoms with Gasteiger partial charge in [0.2, 0.25) is 10.0 Å². The third-order valence-corrected chi connectivity index (χ3v) is 7.16. The molecule has 8 nitrogen and oxygen atoms in total. The van der Waals surface area contributed by atoms with E-state index < -0.39 is 40.6 Å². The molecular formula is C20H27N3O5S. The zero-order valence-electron chi connectivity index (χ0n) is 17.1. The Morgan fingerprint density at radius 2 is 1.72 bits per heavy atom. The quantitative estimate of drug-likeness (QED) is 0.622. The Hall–Kier alpha value is -2.44. The third-order valence-electron chi connectivity index (χ3n) is 5.34. The number of amides is 1. The van der Waals surface area contributed by atoms with E-state index in [1.807, 2.05) is 6.92 Å². The molecule has 158 valence electrons. The molecule has 1 aromatic carbocycles. The van der Waals surface area contributed by atoms with E-state index in [0.29, 0.717) is 12.8 Å². The van der Waals surface area contributed by atoms with Crippen LogP contribution in [0, 0.1) is 18.3 Å². The largest absolute Gasteiger partial charge is 0.455 e. The van der Waals surface area contributed by atoms with Crippen molar-refractivity contribution in [2.24, 2.45) is 0 Å². The highest BCUT2D eigenvalue weighted by Gasteiger charge is 2.39. The first kappa shape index (κ1) is 22.8. The van der Waals surface area contributed by atoms with Gasteiger partial charge in [0, 0.05) is 14.1 Å². The number of hydrogen-bond acceptors (Lipinski definition) is 6. The van der Waals surface area contributed by atoms with Crippen molar-refractivity contribution >= 4 is 21.9 Å². The molecular weight excluding hydrogens is 394 g/mol. The average molecular weight is 422 g/mol. The lowest BCUT2D eigenvalue weighted by atomic mass is 9.81. The number of hydrogen-bond donors (Lipinski definition) is 0. The van der Waals surface area contributed by atoms with E-state index in [2.05, 4.69) is 6.07 Å².